The van der Waals surface area contributed by atoms with Crippen molar-refractivity contribution in [2.45, 2.75) is 0 Å². The Morgan fingerprint density at radius 2 is 1.79 bits per heavy atom. The molecule has 14 heavy (non-hydrogen) atoms. The third-order valence-corrected chi connectivity index (χ3v) is 4.36. The van der Waals surface area contributed by atoms with Crippen LogP contribution >= 0.6 is 56.8 Å². The molecule has 0 fully saturated rings. The zero-order valence-electron chi connectivity index (χ0n) is 6.84. The maximum absolute atomic E-state index is 11.4. The molecular formula is C9H5ClI2O2. The molecule has 1 aromatic rings. The summed E-state index contributed by atoms with van der Waals surface area (Å²) in [5.41, 5.74) is 0. The molecule has 2 nitrogen and oxygen atoms in total. The highest BCUT2D eigenvalue weighted by atomic mass is 127. The Morgan fingerprint density at radius 3 is 2.29 bits per heavy atom. The molecular weight excluding hydrogens is 429 g/mol. The fraction of sp³-hybridized carbons (Fsp3) is 0. The van der Waals surface area contributed by atoms with Crippen molar-refractivity contribution in [2.75, 3.05) is 0 Å². The van der Waals surface area contributed by atoms with Crippen molar-refractivity contribution in [1.29, 1.82) is 0 Å². The van der Waals surface area contributed by atoms with Crippen molar-refractivity contribution in [1.82, 2.24) is 0 Å². The smallest absolute Gasteiger partial charge is 0.351 e. The van der Waals surface area contributed by atoms with Gasteiger partial charge < -0.3 is 4.74 Å². The van der Waals surface area contributed by atoms with Gasteiger partial charge >= 0.3 is 5.97 Å². The first-order valence-electron chi connectivity index (χ1n) is 3.59. The van der Waals surface area contributed by atoms with E-state index in [0.717, 1.165) is 0 Å². The molecule has 0 spiro atoms. The van der Waals surface area contributed by atoms with Crippen LogP contribution in [0.2, 0.25) is 0 Å². The number of carbonyl (C=O) groups is 1. The lowest BCUT2D eigenvalue weighted by Crippen LogP contribution is -2.07. The highest BCUT2D eigenvalue weighted by molar-refractivity contribution is 14.1. The van der Waals surface area contributed by atoms with E-state index >= 15 is 0 Å². The van der Waals surface area contributed by atoms with Gasteiger partial charge in [-0.1, -0.05) is 29.8 Å². The highest BCUT2D eigenvalue weighted by Crippen LogP contribution is 2.24. The van der Waals surface area contributed by atoms with Crippen molar-refractivity contribution in [3.05, 3.63) is 37.0 Å². The van der Waals surface area contributed by atoms with E-state index in [1.807, 2.05) is 51.2 Å². The van der Waals surface area contributed by atoms with E-state index in [1.165, 1.54) is 0 Å². The molecule has 0 radical (unpaired) electrons. The van der Waals surface area contributed by atoms with Crippen molar-refractivity contribution >= 4 is 62.8 Å². The quantitative estimate of drug-likeness (QED) is 0.306. The van der Waals surface area contributed by atoms with Gasteiger partial charge in [-0.25, -0.2) is 4.79 Å². The average Bonchev–Trinajstić information content (AvgIpc) is 2.18. The van der Waals surface area contributed by atoms with E-state index in [4.69, 9.17) is 16.3 Å². The van der Waals surface area contributed by atoms with E-state index in [0.29, 0.717) is 12.4 Å². The second-order valence-corrected chi connectivity index (χ2v) is 5.45. The van der Waals surface area contributed by atoms with Gasteiger partial charge in [0.15, 0.2) is 0 Å². The first-order valence-corrected chi connectivity index (χ1v) is 6.13. The topological polar surface area (TPSA) is 26.3 Å². The van der Waals surface area contributed by atoms with E-state index in [1.54, 1.807) is 24.3 Å². The molecule has 0 aliphatic rings. The maximum Gasteiger partial charge on any atom is 0.351 e. The third-order valence-electron chi connectivity index (χ3n) is 1.30. The number of carbonyl (C=O) groups excluding carboxylic acids is 1. The summed E-state index contributed by atoms with van der Waals surface area (Å²) < 4.78 is 5.83. The molecule has 1 aromatic carbocycles. The molecule has 0 amide bonds. The molecule has 0 heterocycles. The summed E-state index contributed by atoms with van der Waals surface area (Å²) in [7, 11) is 0. The molecule has 0 aromatic heterocycles. The summed E-state index contributed by atoms with van der Waals surface area (Å²) in [6.07, 6.45) is 0. The molecule has 0 aliphatic carbocycles. The van der Waals surface area contributed by atoms with Gasteiger partial charge in [-0.2, -0.15) is 0 Å². The molecule has 0 N–H and O–H groups in total. The van der Waals surface area contributed by atoms with Crippen LogP contribution < -0.4 is 4.74 Å². The normalized spacial score (nSPS) is 11.9. The largest absolute Gasteiger partial charge is 0.423 e. The van der Waals surface area contributed by atoms with Gasteiger partial charge in [0.05, 0.1) is 3.04 Å². The molecule has 0 bridgehead atoms. The van der Waals surface area contributed by atoms with Crippen molar-refractivity contribution in [3.63, 3.8) is 0 Å². The molecule has 0 aliphatic heterocycles. The maximum atomic E-state index is 11.4. The minimum atomic E-state index is -0.434. The lowest BCUT2D eigenvalue weighted by Gasteiger charge is -2.02. The molecule has 0 unspecified atom stereocenters. The summed E-state index contributed by atoms with van der Waals surface area (Å²) in [5, 5.41) is 0. The van der Waals surface area contributed by atoms with Crippen LogP contribution in [0.5, 0.6) is 5.75 Å². The number of ether oxygens (including phenoxy) is 1. The van der Waals surface area contributed by atoms with Gasteiger partial charge in [-0.15, -0.1) is 0 Å². The number of esters is 1. The van der Waals surface area contributed by atoms with Crippen LogP contribution in [0.25, 0.3) is 0 Å². The number of hydrogen-bond donors (Lipinski definition) is 0. The predicted molar refractivity (Wildman–Crippen MR) is 73.0 cm³/mol. The number of benzene rings is 1. The zero-order valence-corrected chi connectivity index (χ0v) is 11.9. The van der Waals surface area contributed by atoms with Gasteiger partial charge in [0.1, 0.15) is 9.33 Å². The summed E-state index contributed by atoms with van der Waals surface area (Å²) >= 11 is 9.36. The van der Waals surface area contributed by atoms with Gasteiger partial charge in [-0.3, -0.25) is 0 Å². The van der Waals surface area contributed by atoms with E-state index in [-0.39, 0.29) is 0 Å². The Kier molecular flexibility index (Phi) is 5.18. The van der Waals surface area contributed by atoms with E-state index in [2.05, 4.69) is 0 Å². The summed E-state index contributed by atoms with van der Waals surface area (Å²) in [6, 6.07) is 8.87. The molecule has 0 saturated carbocycles. The molecule has 74 valence electrons. The highest BCUT2D eigenvalue weighted by Gasteiger charge is 2.11. The van der Waals surface area contributed by atoms with Crippen molar-refractivity contribution in [2.24, 2.45) is 0 Å². The summed E-state index contributed by atoms with van der Waals surface area (Å²) in [5.74, 6) is 0.0807. The second-order valence-electron chi connectivity index (χ2n) is 2.28. The number of hydrogen-bond acceptors (Lipinski definition) is 2. The predicted octanol–water partition coefficient (Wildman–Crippen LogP) is 3.87. The van der Waals surface area contributed by atoms with Gasteiger partial charge in [0, 0.05) is 0 Å². The lowest BCUT2D eigenvalue weighted by atomic mass is 10.3. The van der Waals surface area contributed by atoms with E-state index < -0.39 is 5.97 Å². The van der Waals surface area contributed by atoms with Crippen molar-refractivity contribution < 1.29 is 9.53 Å². The molecule has 5 heteroatoms. The summed E-state index contributed by atoms with van der Waals surface area (Å²) in [6.45, 7) is 0. The van der Waals surface area contributed by atoms with Crippen LogP contribution in [0.1, 0.15) is 0 Å². The Labute approximate surface area is 114 Å². The van der Waals surface area contributed by atoms with Crippen LogP contribution in [0.4, 0.5) is 0 Å². The molecule has 1 rings (SSSR count). The number of halogens is 3. The zero-order chi connectivity index (χ0) is 10.6. The van der Waals surface area contributed by atoms with E-state index in [9.17, 15) is 4.79 Å². The standard InChI is InChI=1S/C9H5ClI2O2/c10-8(12)7(11)9(13)14-6-4-2-1-3-5-6/h1-5H/b8-7+. The second kappa shape index (κ2) is 5.92. The van der Waals surface area contributed by atoms with Crippen LogP contribution in [0, 0.1) is 0 Å². The molecule has 0 saturated heterocycles. The van der Waals surface area contributed by atoms with Crippen LogP contribution in [-0.4, -0.2) is 5.97 Å². The number of para-hydroxylation sites is 1. The average molecular weight is 434 g/mol. The first-order chi connectivity index (χ1) is 6.61. The van der Waals surface area contributed by atoms with Gasteiger partial charge in [-0.05, 0) is 57.3 Å². The SMILES string of the molecule is O=C(Oc1ccccc1)/C(I)=C(/Cl)I. The fourth-order valence-electron chi connectivity index (χ4n) is 0.718. The Balaban J connectivity index is 2.72. The Hall–Kier alpha value is 0.180. The van der Waals surface area contributed by atoms with Crippen LogP contribution in [0.3, 0.4) is 0 Å². The Morgan fingerprint density at radius 1 is 1.21 bits per heavy atom. The fourth-order valence-corrected chi connectivity index (χ4v) is 1.12. The van der Waals surface area contributed by atoms with Crippen LogP contribution in [-0.2, 0) is 4.79 Å². The lowest BCUT2D eigenvalue weighted by molar-refractivity contribution is -0.129. The van der Waals surface area contributed by atoms with Gasteiger partial charge in [0.2, 0.25) is 0 Å². The van der Waals surface area contributed by atoms with Crippen LogP contribution in [0.15, 0.2) is 37.0 Å². The molecule has 0 atom stereocenters. The van der Waals surface area contributed by atoms with Crippen molar-refractivity contribution in [3.8, 4) is 5.75 Å². The third kappa shape index (κ3) is 3.74. The minimum Gasteiger partial charge on any atom is -0.423 e. The van der Waals surface area contributed by atoms with Gasteiger partial charge in [0.25, 0.3) is 0 Å². The first kappa shape index (κ1) is 12.3. The minimum absolute atomic E-state index is 0.383. The Bertz CT molecular complexity index is 358. The monoisotopic (exact) mass is 434 g/mol. The number of rotatable bonds is 2. The summed E-state index contributed by atoms with van der Waals surface area (Å²) in [4.78, 5) is 11.4.